The van der Waals surface area contributed by atoms with Crippen LogP contribution >= 0.6 is 0 Å². The van der Waals surface area contributed by atoms with E-state index in [1.54, 1.807) is 6.07 Å². The van der Waals surface area contributed by atoms with Gasteiger partial charge in [0.1, 0.15) is 17.1 Å². The molecule has 1 aliphatic rings. The second-order valence-corrected chi connectivity index (χ2v) is 7.28. The first-order valence-corrected chi connectivity index (χ1v) is 8.97. The van der Waals surface area contributed by atoms with Gasteiger partial charge in [-0.3, -0.25) is 0 Å². The van der Waals surface area contributed by atoms with Gasteiger partial charge in [-0.1, -0.05) is 23.3 Å². The largest absolute Gasteiger partial charge is 0.507 e. The summed E-state index contributed by atoms with van der Waals surface area (Å²) in [6, 6.07) is 3.74. The van der Waals surface area contributed by atoms with Crippen molar-refractivity contribution in [1.82, 2.24) is 0 Å². The lowest BCUT2D eigenvalue weighted by Gasteiger charge is -2.32. The van der Waals surface area contributed by atoms with Gasteiger partial charge in [-0.15, -0.1) is 0 Å². The number of ether oxygens (including phenoxy) is 1. The maximum absolute atomic E-state index is 10.0. The van der Waals surface area contributed by atoms with Crippen LogP contribution in [0.1, 0.15) is 57.6 Å². The summed E-state index contributed by atoms with van der Waals surface area (Å²) in [4.78, 5) is 0. The highest BCUT2D eigenvalue weighted by Crippen LogP contribution is 2.38. The number of aromatic hydroxyl groups is 1. The van der Waals surface area contributed by atoms with Crippen molar-refractivity contribution in [3.8, 4) is 11.5 Å². The van der Waals surface area contributed by atoms with Crippen LogP contribution in [0.25, 0.3) is 6.08 Å². The number of aliphatic hydroxyl groups excluding tert-OH is 1. The molecule has 0 bridgehead atoms. The highest BCUT2D eigenvalue weighted by atomic mass is 16.5. The van der Waals surface area contributed by atoms with E-state index in [-0.39, 0.29) is 18.0 Å². The minimum atomic E-state index is -0.350. The van der Waals surface area contributed by atoms with Gasteiger partial charge < -0.3 is 14.9 Å². The van der Waals surface area contributed by atoms with Crippen molar-refractivity contribution in [3.05, 3.63) is 52.6 Å². The fourth-order valence-electron chi connectivity index (χ4n) is 2.99. The number of aliphatic hydroxyl groups is 1. The van der Waals surface area contributed by atoms with Crippen molar-refractivity contribution >= 4 is 6.08 Å². The van der Waals surface area contributed by atoms with Gasteiger partial charge in [-0.2, -0.15) is 0 Å². The third-order valence-electron chi connectivity index (χ3n) is 4.62. The summed E-state index contributed by atoms with van der Waals surface area (Å²) in [5, 5.41) is 19.0. The summed E-state index contributed by atoms with van der Waals surface area (Å²) in [7, 11) is 0. The Hall–Kier alpha value is -2.00. The molecule has 0 radical (unpaired) electrons. The zero-order valence-electron chi connectivity index (χ0n) is 15.8. The van der Waals surface area contributed by atoms with Crippen molar-refractivity contribution in [1.29, 1.82) is 0 Å². The SMILES string of the molecule is CC(=CCCC(C)=CCCC1(C)C=Cc2c(O)cc(C)cc2O1)CO. The summed E-state index contributed by atoms with van der Waals surface area (Å²) in [5.41, 5.74) is 3.80. The molecule has 2 rings (SSSR count). The molecule has 0 amide bonds. The van der Waals surface area contributed by atoms with Crippen LogP contribution in [0.4, 0.5) is 0 Å². The molecule has 1 heterocycles. The Kier molecular flexibility index (Phi) is 6.49. The third-order valence-corrected chi connectivity index (χ3v) is 4.62. The predicted octanol–water partition coefficient (Wildman–Crippen LogP) is 5.31. The average Bonchev–Trinajstić information content (AvgIpc) is 2.53. The molecule has 3 heteroatoms. The zero-order valence-corrected chi connectivity index (χ0v) is 15.8. The third kappa shape index (κ3) is 5.50. The molecule has 1 unspecified atom stereocenters. The van der Waals surface area contributed by atoms with E-state index in [0.29, 0.717) is 0 Å². The van der Waals surface area contributed by atoms with E-state index >= 15 is 0 Å². The van der Waals surface area contributed by atoms with Crippen molar-refractivity contribution in [2.45, 2.75) is 59.0 Å². The molecule has 0 saturated carbocycles. The van der Waals surface area contributed by atoms with E-state index < -0.39 is 0 Å². The van der Waals surface area contributed by atoms with Gasteiger partial charge in [-0.05, 0) is 83.2 Å². The predicted molar refractivity (Wildman–Crippen MR) is 104 cm³/mol. The van der Waals surface area contributed by atoms with Crippen LogP contribution in [-0.2, 0) is 0 Å². The van der Waals surface area contributed by atoms with Gasteiger partial charge in [0.2, 0.25) is 0 Å². The van der Waals surface area contributed by atoms with Crippen LogP contribution in [0, 0.1) is 6.92 Å². The second-order valence-electron chi connectivity index (χ2n) is 7.28. The van der Waals surface area contributed by atoms with Gasteiger partial charge in [-0.25, -0.2) is 0 Å². The topological polar surface area (TPSA) is 49.7 Å². The average molecular weight is 342 g/mol. The van der Waals surface area contributed by atoms with E-state index in [4.69, 9.17) is 9.84 Å². The molecule has 0 aliphatic carbocycles. The summed E-state index contributed by atoms with van der Waals surface area (Å²) in [5.74, 6) is 1.03. The first kappa shape index (κ1) is 19.3. The Morgan fingerprint density at radius 3 is 2.60 bits per heavy atom. The van der Waals surface area contributed by atoms with Crippen LogP contribution in [0.3, 0.4) is 0 Å². The van der Waals surface area contributed by atoms with Crippen molar-refractivity contribution in [2.75, 3.05) is 6.61 Å². The molecule has 0 saturated heterocycles. The van der Waals surface area contributed by atoms with E-state index in [2.05, 4.69) is 26.0 Å². The molecule has 0 fully saturated rings. The fourth-order valence-corrected chi connectivity index (χ4v) is 2.99. The molecular weight excluding hydrogens is 312 g/mol. The standard InChI is InChI=1S/C22H30O3/c1-16(7-5-8-17(2)15-23)9-6-11-22(4)12-10-19-20(24)13-18(3)14-21(19)25-22/h8-10,12-14,23-24H,5-7,11,15H2,1-4H3. The molecule has 0 aromatic heterocycles. The number of phenols is 1. The van der Waals surface area contributed by atoms with Crippen molar-refractivity contribution in [2.24, 2.45) is 0 Å². The van der Waals surface area contributed by atoms with Crippen LogP contribution in [0.2, 0.25) is 0 Å². The van der Waals surface area contributed by atoms with Crippen molar-refractivity contribution in [3.63, 3.8) is 0 Å². The quantitative estimate of drug-likeness (QED) is 0.660. The van der Waals surface area contributed by atoms with E-state index in [1.807, 2.05) is 32.1 Å². The minimum Gasteiger partial charge on any atom is -0.507 e. The number of fused-ring (bicyclic) bond motifs is 1. The molecule has 1 aromatic rings. The van der Waals surface area contributed by atoms with E-state index in [1.165, 1.54) is 5.57 Å². The summed E-state index contributed by atoms with van der Waals surface area (Å²) < 4.78 is 6.18. The van der Waals surface area contributed by atoms with Gasteiger partial charge in [0, 0.05) is 0 Å². The highest BCUT2D eigenvalue weighted by molar-refractivity contribution is 5.67. The Labute approximate surface area is 151 Å². The Bertz CT molecular complexity index is 697. The summed E-state index contributed by atoms with van der Waals surface area (Å²) >= 11 is 0. The number of aryl methyl sites for hydroxylation is 1. The normalized spacial score (nSPS) is 20.4. The number of rotatable bonds is 7. The van der Waals surface area contributed by atoms with Crippen molar-refractivity contribution < 1.29 is 14.9 Å². The highest BCUT2D eigenvalue weighted by Gasteiger charge is 2.27. The molecular formula is C22H30O3. The smallest absolute Gasteiger partial charge is 0.131 e. The van der Waals surface area contributed by atoms with Gasteiger partial charge in [0.25, 0.3) is 0 Å². The molecule has 25 heavy (non-hydrogen) atoms. The number of benzene rings is 1. The first-order valence-electron chi connectivity index (χ1n) is 8.97. The molecule has 0 spiro atoms. The van der Waals surface area contributed by atoms with Crippen LogP contribution < -0.4 is 4.74 Å². The zero-order chi connectivity index (χ0) is 18.4. The Morgan fingerprint density at radius 2 is 1.88 bits per heavy atom. The fraction of sp³-hybridized carbons (Fsp3) is 0.455. The molecule has 3 nitrogen and oxygen atoms in total. The Balaban J connectivity index is 1.92. The maximum atomic E-state index is 10.0. The van der Waals surface area contributed by atoms with Gasteiger partial charge >= 0.3 is 0 Å². The summed E-state index contributed by atoms with van der Waals surface area (Å²) in [6.07, 6.45) is 12.2. The number of hydrogen-bond donors (Lipinski definition) is 2. The summed E-state index contributed by atoms with van der Waals surface area (Å²) in [6.45, 7) is 8.28. The molecule has 2 N–H and O–H groups in total. The van der Waals surface area contributed by atoms with Crippen LogP contribution in [0.15, 0.2) is 41.5 Å². The molecule has 1 aliphatic heterocycles. The van der Waals surface area contributed by atoms with Crippen LogP contribution in [0.5, 0.6) is 11.5 Å². The number of hydrogen-bond acceptors (Lipinski definition) is 3. The molecule has 1 aromatic carbocycles. The second kappa shape index (κ2) is 8.39. The van der Waals surface area contributed by atoms with Gasteiger partial charge in [0.05, 0.1) is 12.2 Å². The lowest BCUT2D eigenvalue weighted by atomic mass is 9.93. The lowest BCUT2D eigenvalue weighted by molar-refractivity contribution is 0.128. The van der Waals surface area contributed by atoms with E-state index in [0.717, 1.165) is 48.1 Å². The maximum Gasteiger partial charge on any atom is 0.131 e. The Morgan fingerprint density at radius 1 is 1.16 bits per heavy atom. The lowest BCUT2D eigenvalue weighted by Crippen LogP contribution is -2.31. The number of phenolic OH excluding ortho intramolecular Hbond substituents is 1. The monoisotopic (exact) mass is 342 g/mol. The van der Waals surface area contributed by atoms with Gasteiger partial charge in [0.15, 0.2) is 0 Å². The minimum absolute atomic E-state index is 0.140. The first-order chi connectivity index (χ1) is 11.8. The van der Waals surface area contributed by atoms with E-state index in [9.17, 15) is 5.11 Å². The molecule has 136 valence electrons. The van der Waals surface area contributed by atoms with Crippen LogP contribution in [-0.4, -0.2) is 22.4 Å². The molecule has 1 atom stereocenters. The number of allylic oxidation sites excluding steroid dienone is 3.